The van der Waals surface area contributed by atoms with Gasteiger partial charge in [-0.25, -0.2) is 9.67 Å². The van der Waals surface area contributed by atoms with Crippen LogP contribution in [0.4, 0.5) is 0 Å². The van der Waals surface area contributed by atoms with Crippen LogP contribution in [0.15, 0.2) is 71.2 Å². The molecule has 2 atom stereocenters. The van der Waals surface area contributed by atoms with E-state index in [4.69, 9.17) is 14.6 Å². The number of aromatic nitrogens is 4. The summed E-state index contributed by atoms with van der Waals surface area (Å²) in [6, 6.07) is 17.1. The summed E-state index contributed by atoms with van der Waals surface area (Å²) in [5.41, 5.74) is 3.71. The number of ether oxygens (including phenoxy) is 2. The zero-order valence-electron chi connectivity index (χ0n) is 22.1. The number of nitrogens with one attached hydrogen (secondary N) is 2. The Balaban J connectivity index is 1.41. The fourth-order valence-corrected chi connectivity index (χ4v) is 4.90. The minimum Gasteiger partial charge on any atom is -0.459 e. The Morgan fingerprint density at radius 3 is 2.72 bits per heavy atom. The van der Waals surface area contributed by atoms with Crippen molar-refractivity contribution in [1.82, 2.24) is 24.6 Å². The van der Waals surface area contributed by atoms with Crippen LogP contribution in [0, 0.1) is 6.92 Å². The molecule has 0 saturated carbocycles. The maximum atomic E-state index is 13.7. The quantitative estimate of drug-likeness (QED) is 0.270. The maximum Gasteiger partial charge on any atom is 0.286 e. The molecule has 0 saturated heterocycles. The number of imidazole rings is 1. The fraction of sp³-hybridized carbons (Fsp3) is 0.345. The van der Waals surface area contributed by atoms with Crippen molar-refractivity contribution in [3.63, 3.8) is 0 Å². The number of carbonyl (C=O) groups excluding carboxylic acids is 1. The van der Waals surface area contributed by atoms with E-state index in [0.29, 0.717) is 37.3 Å². The first-order chi connectivity index (χ1) is 19.0. The molecule has 10 nitrogen and oxygen atoms in total. The van der Waals surface area contributed by atoms with Crippen LogP contribution in [0.25, 0.3) is 16.7 Å². The Labute approximate surface area is 225 Å². The molecular formula is C29H33N5O5. The van der Waals surface area contributed by atoms with Crippen molar-refractivity contribution in [3.8, 4) is 5.69 Å². The highest BCUT2D eigenvalue weighted by molar-refractivity contribution is 5.91. The first-order valence-electron chi connectivity index (χ1n) is 13.1. The molecule has 2 aromatic carbocycles. The number of hydrogen-bond acceptors (Lipinski definition) is 6. The first kappa shape index (κ1) is 26.5. The number of carbonyl (C=O) groups is 1. The van der Waals surface area contributed by atoms with Crippen LogP contribution in [0.2, 0.25) is 0 Å². The van der Waals surface area contributed by atoms with E-state index in [0.717, 1.165) is 22.4 Å². The number of fused-ring (bicyclic) bond motifs is 1. The number of allylic oxidation sites excluding steroid dienone is 1. The van der Waals surface area contributed by atoms with Gasteiger partial charge in [-0.1, -0.05) is 30.3 Å². The Kier molecular flexibility index (Phi) is 7.94. The van der Waals surface area contributed by atoms with Crippen molar-refractivity contribution in [2.75, 3.05) is 13.2 Å². The van der Waals surface area contributed by atoms with Gasteiger partial charge >= 0.3 is 0 Å². The standard InChI is InChI=1S/C29H33N5O5/c1-19-27(29(37)34(33(19)2)21-10-4-3-5-11-21)20-16-24(39-26(17-20)38-15-9-8-14-35)28(36)30-18-25-31-22-12-6-7-13-23(22)32-25/h3-7,10-13,16,20,26,35H,8-9,14-15,17-18H2,1-2H3,(H,30,36)(H,31,32)/t20-,26+/m0/s1. The average molecular weight is 532 g/mol. The van der Waals surface area contributed by atoms with Crippen LogP contribution >= 0.6 is 0 Å². The number of aliphatic hydroxyl groups excluding tert-OH is 1. The van der Waals surface area contributed by atoms with Crippen LogP contribution in [0.1, 0.15) is 42.3 Å². The topological polar surface area (TPSA) is 123 Å². The number of benzene rings is 2. The normalized spacial score (nSPS) is 17.2. The molecule has 39 heavy (non-hydrogen) atoms. The number of nitrogens with zero attached hydrogens (tertiary/aromatic N) is 3. The zero-order valence-corrected chi connectivity index (χ0v) is 22.1. The van der Waals surface area contributed by atoms with Crippen molar-refractivity contribution >= 4 is 16.9 Å². The van der Waals surface area contributed by atoms with E-state index in [1.54, 1.807) is 10.8 Å². The SMILES string of the molecule is Cc1c([C@H]2C=C(C(=O)NCc3nc4ccccc4[nH]3)O[C@@H](OCCCCO)C2)c(=O)n(-c2ccccc2)n1C. The molecule has 3 heterocycles. The molecule has 0 spiro atoms. The molecule has 0 unspecified atom stereocenters. The van der Waals surface area contributed by atoms with Gasteiger partial charge in [0.25, 0.3) is 11.5 Å². The van der Waals surface area contributed by atoms with Crippen molar-refractivity contribution < 1.29 is 19.4 Å². The highest BCUT2D eigenvalue weighted by Crippen LogP contribution is 2.32. The zero-order chi connectivity index (χ0) is 27.4. The molecule has 4 aromatic rings. The van der Waals surface area contributed by atoms with Gasteiger partial charge in [0.15, 0.2) is 5.76 Å². The molecule has 3 N–H and O–H groups in total. The van der Waals surface area contributed by atoms with Gasteiger partial charge in [-0.3, -0.25) is 14.3 Å². The van der Waals surface area contributed by atoms with Crippen LogP contribution < -0.4 is 10.9 Å². The van der Waals surface area contributed by atoms with Crippen LogP contribution in [0.5, 0.6) is 0 Å². The first-order valence-corrected chi connectivity index (χ1v) is 13.1. The van der Waals surface area contributed by atoms with Gasteiger partial charge < -0.3 is 24.9 Å². The number of rotatable bonds is 10. The minimum absolute atomic E-state index is 0.0785. The Morgan fingerprint density at radius 1 is 1.18 bits per heavy atom. The summed E-state index contributed by atoms with van der Waals surface area (Å²) in [4.78, 5) is 34.6. The van der Waals surface area contributed by atoms with E-state index < -0.39 is 18.1 Å². The molecular weight excluding hydrogens is 498 g/mol. The van der Waals surface area contributed by atoms with Crippen LogP contribution in [-0.4, -0.2) is 49.8 Å². The highest BCUT2D eigenvalue weighted by atomic mass is 16.7. The summed E-state index contributed by atoms with van der Waals surface area (Å²) in [5.74, 6) is -0.0827. The summed E-state index contributed by atoms with van der Waals surface area (Å²) in [6.45, 7) is 2.53. The Morgan fingerprint density at radius 2 is 1.95 bits per heavy atom. The number of aliphatic hydroxyl groups is 1. The third-order valence-corrected chi connectivity index (χ3v) is 6.96. The minimum atomic E-state index is -0.713. The Hall–Kier alpha value is -4.15. The lowest BCUT2D eigenvalue weighted by Gasteiger charge is -2.28. The molecule has 0 aliphatic carbocycles. The molecule has 0 bridgehead atoms. The second-order valence-corrected chi connectivity index (χ2v) is 9.58. The molecule has 5 rings (SSSR count). The smallest absolute Gasteiger partial charge is 0.286 e. The number of H-pyrrole nitrogens is 1. The number of unbranched alkanes of at least 4 members (excludes halogenated alkanes) is 1. The van der Waals surface area contributed by atoms with E-state index in [-0.39, 0.29) is 24.5 Å². The molecule has 0 radical (unpaired) electrons. The lowest BCUT2D eigenvalue weighted by Crippen LogP contribution is -2.34. The molecule has 204 valence electrons. The summed E-state index contributed by atoms with van der Waals surface area (Å²) in [7, 11) is 1.85. The van der Waals surface area contributed by atoms with E-state index in [1.165, 1.54) is 0 Å². The molecule has 2 aromatic heterocycles. The summed E-state index contributed by atoms with van der Waals surface area (Å²) in [6.07, 6.45) is 2.64. The van der Waals surface area contributed by atoms with Gasteiger partial charge in [-0.15, -0.1) is 0 Å². The average Bonchev–Trinajstić information content (AvgIpc) is 3.47. The third-order valence-electron chi connectivity index (χ3n) is 6.96. The van der Waals surface area contributed by atoms with Gasteiger partial charge in [0, 0.05) is 37.3 Å². The van der Waals surface area contributed by atoms with Gasteiger partial charge in [0.05, 0.1) is 29.9 Å². The largest absolute Gasteiger partial charge is 0.459 e. The van der Waals surface area contributed by atoms with Gasteiger partial charge in [-0.05, 0) is 50.1 Å². The molecule has 10 heteroatoms. The van der Waals surface area contributed by atoms with Crippen molar-refractivity contribution in [1.29, 1.82) is 0 Å². The molecule has 0 fully saturated rings. The molecule has 1 aliphatic rings. The summed E-state index contributed by atoms with van der Waals surface area (Å²) >= 11 is 0. The number of amides is 1. The fourth-order valence-electron chi connectivity index (χ4n) is 4.90. The second-order valence-electron chi connectivity index (χ2n) is 9.58. The van der Waals surface area contributed by atoms with Crippen molar-refractivity contribution in [2.45, 2.75) is 44.9 Å². The van der Waals surface area contributed by atoms with Gasteiger partial charge in [-0.2, -0.15) is 0 Å². The van der Waals surface area contributed by atoms with E-state index >= 15 is 0 Å². The van der Waals surface area contributed by atoms with Gasteiger partial charge in [0.1, 0.15) is 5.82 Å². The molecule has 1 aliphatic heterocycles. The number of para-hydroxylation sites is 3. The predicted octanol–water partition coefficient (Wildman–Crippen LogP) is 3.18. The van der Waals surface area contributed by atoms with E-state index in [2.05, 4.69) is 15.3 Å². The Bertz CT molecular complexity index is 1500. The van der Waals surface area contributed by atoms with Crippen LogP contribution in [0.3, 0.4) is 0 Å². The number of hydrogen-bond donors (Lipinski definition) is 3. The predicted molar refractivity (Wildman–Crippen MR) is 146 cm³/mol. The van der Waals surface area contributed by atoms with Crippen LogP contribution in [-0.2, 0) is 27.9 Å². The summed E-state index contributed by atoms with van der Waals surface area (Å²) < 4.78 is 15.3. The second kappa shape index (κ2) is 11.7. The monoisotopic (exact) mass is 531 g/mol. The summed E-state index contributed by atoms with van der Waals surface area (Å²) in [5, 5.41) is 12.0. The van der Waals surface area contributed by atoms with Crippen molar-refractivity contribution in [3.05, 3.63) is 93.9 Å². The van der Waals surface area contributed by atoms with Gasteiger partial charge in [0.2, 0.25) is 6.29 Å². The van der Waals surface area contributed by atoms with E-state index in [1.807, 2.05) is 73.3 Å². The lowest BCUT2D eigenvalue weighted by atomic mass is 9.93. The van der Waals surface area contributed by atoms with Crippen molar-refractivity contribution in [2.24, 2.45) is 7.05 Å². The van der Waals surface area contributed by atoms with E-state index in [9.17, 15) is 9.59 Å². The molecule has 1 amide bonds. The lowest BCUT2D eigenvalue weighted by molar-refractivity contribution is -0.146. The third kappa shape index (κ3) is 5.67. The number of aromatic amines is 1. The highest BCUT2D eigenvalue weighted by Gasteiger charge is 2.33. The maximum absolute atomic E-state index is 13.7.